The van der Waals surface area contributed by atoms with Crippen molar-refractivity contribution in [3.63, 3.8) is 0 Å². The Labute approximate surface area is 154 Å². The monoisotopic (exact) mass is 358 g/mol. The van der Waals surface area contributed by atoms with Crippen LogP contribution >= 0.6 is 0 Å². The molecule has 1 aromatic carbocycles. The SMILES string of the molecule is COc1c2c(cc3c1[C@@H](CC(=O)[C@H]1CC=C(C)CC1)[NH+](C)CC3)OCO2. The highest BCUT2D eigenvalue weighted by atomic mass is 16.7. The maximum Gasteiger partial charge on any atom is 0.231 e. The van der Waals surface area contributed by atoms with Gasteiger partial charge >= 0.3 is 0 Å². The molecule has 0 bridgehead atoms. The highest BCUT2D eigenvalue weighted by Gasteiger charge is 2.38. The Hall–Kier alpha value is -2.01. The van der Waals surface area contributed by atoms with Crippen molar-refractivity contribution in [3.8, 4) is 17.2 Å². The van der Waals surface area contributed by atoms with Gasteiger partial charge in [-0.1, -0.05) is 11.6 Å². The minimum atomic E-state index is 0.114. The molecule has 1 aromatic rings. The number of ether oxygens (including phenoxy) is 3. The van der Waals surface area contributed by atoms with Crippen molar-refractivity contribution < 1.29 is 23.9 Å². The van der Waals surface area contributed by atoms with E-state index in [4.69, 9.17) is 14.2 Å². The molecule has 0 spiro atoms. The molecule has 0 saturated heterocycles. The zero-order valence-corrected chi connectivity index (χ0v) is 15.9. The summed E-state index contributed by atoms with van der Waals surface area (Å²) >= 11 is 0. The minimum absolute atomic E-state index is 0.114. The van der Waals surface area contributed by atoms with Crippen molar-refractivity contribution in [2.24, 2.45) is 5.92 Å². The van der Waals surface area contributed by atoms with E-state index in [0.29, 0.717) is 18.0 Å². The van der Waals surface area contributed by atoms with Gasteiger partial charge in [-0.05, 0) is 37.8 Å². The lowest BCUT2D eigenvalue weighted by molar-refractivity contribution is -0.914. The summed E-state index contributed by atoms with van der Waals surface area (Å²) in [6.45, 7) is 3.40. The van der Waals surface area contributed by atoms with E-state index < -0.39 is 0 Å². The Kier molecular flexibility index (Phi) is 4.65. The molecule has 2 heterocycles. The summed E-state index contributed by atoms with van der Waals surface area (Å²) in [5.41, 5.74) is 3.78. The van der Waals surface area contributed by atoms with Gasteiger partial charge in [-0.3, -0.25) is 4.79 Å². The molecule has 0 aromatic heterocycles. The standard InChI is InChI=1S/C21H27NO4/c1-13-4-6-14(7-5-13)17(23)11-16-19-15(8-9-22(16)2)10-18-20(21(19)24-3)26-12-25-18/h4,10,14,16H,5-9,11-12H2,1-3H3/p+1/t14-,16+/m0/s1. The maximum absolute atomic E-state index is 13.0. The molecule has 140 valence electrons. The Balaban J connectivity index is 1.64. The molecule has 3 aliphatic rings. The number of fused-ring (bicyclic) bond motifs is 2. The third kappa shape index (κ3) is 2.98. The van der Waals surface area contributed by atoms with Crippen LogP contribution < -0.4 is 19.1 Å². The molecule has 0 radical (unpaired) electrons. The van der Waals surface area contributed by atoms with Gasteiger partial charge in [-0.2, -0.15) is 0 Å². The number of allylic oxidation sites excluding steroid dienone is 2. The summed E-state index contributed by atoms with van der Waals surface area (Å²) in [4.78, 5) is 14.4. The third-order valence-electron chi connectivity index (χ3n) is 6.18. The second kappa shape index (κ2) is 6.95. The Morgan fingerprint density at radius 1 is 1.35 bits per heavy atom. The number of carbonyl (C=O) groups is 1. The van der Waals surface area contributed by atoms with Gasteiger partial charge in [0.05, 0.1) is 32.7 Å². The summed E-state index contributed by atoms with van der Waals surface area (Å²) in [7, 11) is 3.85. The summed E-state index contributed by atoms with van der Waals surface area (Å²) in [5.74, 6) is 2.75. The second-order valence-corrected chi connectivity index (χ2v) is 7.81. The molecule has 2 aliphatic heterocycles. The average molecular weight is 358 g/mol. The number of methoxy groups -OCH3 is 1. The number of hydrogen-bond donors (Lipinski definition) is 1. The highest BCUT2D eigenvalue weighted by molar-refractivity contribution is 5.82. The Bertz CT molecular complexity index is 755. The lowest BCUT2D eigenvalue weighted by Crippen LogP contribution is -3.10. The van der Waals surface area contributed by atoms with E-state index in [0.717, 1.165) is 49.3 Å². The first-order valence-corrected chi connectivity index (χ1v) is 9.58. The summed E-state index contributed by atoms with van der Waals surface area (Å²) in [6, 6.07) is 2.19. The van der Waals surface area contributed by atoms with Gasteiger partial charge in [-0.25, -0.2) is 0 Å². The number of quaternary nitrogens is 1. The van der Waals surface area contributed by atoms with E-state index in [1.54, 1.807) is 7.11 Å². The van der Waals surface area contributed by atoms with Gasteiger partial charge in [0.15, 0.2) is 11.5 Å². The van der Waals surface area contributed by atoms with Crippen molar-refractivity contribution in [2.45, 2.75) is 45.1 Å². The first-order valence-electron chi connectivity index (χ1n) is 9.58. The van der Waals surface area contributed by atoms with E-state index >= 15 is 0 Å². The number of benzene rings is 1. The fraction of sp³-hybridized carbons (Fsp3) is 0.571. The highest BCUT2D eigenvalue weighted by Crippen LogP contribution is 2.48. The maximum atomic E-state index is 13.0. The number of nitrogens with one attached hydrogen (secondary N) is 1. The zero-order chi connectivity index (χ0) is 18.3. The van der Waals surface area contributed by atoms with Crippen molar-refractivity contribution >= 4 is 5.78 Å². The molecule has 0 fully saturated rings. The quantitative estimate of drug-likeness (QED) is 0.839. The van der Waals surface area contributed by atoms with Crippen LogP contribution in [0.25, 0.3) is 0 Å². The molecule has 0 amide bonds. The van der Waals surface area contributed by atoms with E-state index in [2.05, 4.69) is 26.1 Å². The van der Waals surface area contributed by atoms with Crippen LogP contribution in [0.3, 0.4) is 0 Å². The van der Waals surface area contributed by atoms with Crippen LogP contribution in [-0.4, -0.2) is 33.3 Å². The smallest absolute Gasteiger partial charge is 0.231 e. The normalized spacial score (nSPS) is 26.9. The van der Waals surface area contributed by atoms with Crippen molar-refractivity contribution in [3.05, 3.63) is 28.8 Å². The number of rotatable bonds is 4. The fourth-order valence-electron chi connectivity index (χ4n) is 4.52. The largest absolute Gasteiger partial charge is 0.492 e. The van der Waals surface area contributed by atoms with Crippen LogP contribution in [0.1, 0.15) is 49.8 Å². The molecule has 3 atom stereocenters. The van der Waals surface area contributed by atoms with Crippen LogP contribution in [0, 0.1) is 5.92 Å². The summed E-state index contributed by atoms with van der Waals surface area (Å²) in [5, 5.41) is 0. The lowest BCUT2D eigenvalue weighted by atomic mass is 9.82. The number of carbonyl (C=O) groups excluding carboxylic acids is 1. The third-order valence-corrected chi connectivity index (χ3v) is 6.18. The molecule has 5 nitrogen and oxygen atoms in total. The molecule has 1 unspecified atom stereocenters. The summed E-state index contributed by atoms with van der Waals surface area (Å²) in [6.07, 6.45) is 6.68. The second-order valence-electron chi connectivity index (χ2n) is 7.81. The Morgan fingerprint density at radius 3 is 2.92 bits per heavy atom. The van der Waals surface area contributed by atoms with Gasteiger partial charge in [0.2, 0.25) is 12.5 Å². The minimum Gasteiger partial charge on any atom is -0.492 e. The van der Waals surface area contributed by atoms with Gasteiger partial charge in [0, 0.05) is 12.3 Å². The lowest BCUT2D eigenvalue weighted by Gasteiger charge is -2.33. The van der Waals surface area contributed by atoms with E-state index in [9.17, 15) is 4.79 Å². The molecule has 1 aliphatic carbocycles. The first kappa shape index (κ1) is 17.4. The van der Waals surface area contributed by atoms with Crippen LogP contribution in [0.5, 0.6) is 17.2 Å². The van der Waals surface area contributed by atoms with Gasteiger partial charge in [0.25, 0.3) is 0 Å². The molecule has 26 heavy (non-hydrogen) atoms. The van der Waals surface area contributed by atoms with Crippen LogP contribution in [0.4, 0.5) is 0 Å². The van der Waals surface area contributed by atoms with Crippen LogP contribution in [-0.2, 0) is 11.2 Å². The topological polar surface area (TPSA) is 49.2 Å². The molecular weight excluding hydrogens is 330 g/mol. The van der Waals surface area contributed by atoms with Gasteiger partial charge in [-0.15, -0.1) is 0 Å². The predicted octanol–water partition coefficient (Wildman–Crippen LogP) is 2.24. The van der Waals surface area contributed by atoms with Crippen molar-refractivity contribution in [2.75, 3.05) is 27.5 Å². The van der Waals surface area contributed by atoms with E-state index in [-0.39, 0.29) is 18.8 Å². The van der Waals surface area contributed by atoms with Crippen molar-refractivity contribution in [1.29, 1.82) is 0 Å². The average Bonchev–Trinajstić information content (AvgIpc) is 3.11. The van der Waals surface area contributed by atoms with Crippen LogP contribution in [0.15, 0.2) is 17.7 Å². The number of Topliss-reactive ketones (excluding diaryl/α,β-unsaturated/α-hetero) is 1. The van der Waals surface area contributed by atoms with Gasteiger partial charge < -0.3 is 19.1 Å². The molecule has 1 N–H and O–H groups in total. The Morgan fingerprint density at radius 2 is 2.19 bits per heavy atom. The molecular formula is C21H28NO4+. The van der Waals surface area contributed by atoms with E-state index in [1.807, 2.05) is 0 Å². The first-order chi connectivity index (χ1) is 12.6. The number of likely N-dealkylation sites (N-methyl/N-ethyl adjacent to an activating group) is 1. The fourth-order valence-corrected chi connectivity index (χ4v) is 4.52. The summed E-state index contributed by atoms with van der Waals surface area (Å²) < 4.78 is 17.0. The number of hydrogen-bond acceptors (Lipinski definition) is 4. The molecule has 0 saturated carbocycles. The van der Waals surface area contributed by atoms with Crippen LogP contribution in [0.2, 0.25) is 0 Å². The van der Waals surface area contributed by atoms with E-state index in [1.165, 1.54) is 16.0 Å². The van der Waals surface area contributed by atoms with Crippen molar-refractivity contribution in [1.82, 2.24) is 0 Å². The number of ketones is 1. The zero-order valence-electron chi connectivity index (χ0n) is 15.9. The van der Waals surface area contributed by atoms with Gasteiger partial charge in [0.1, 0.15) is 11.8 Å². The predicted molar refractivity (Wildman–Crippen MR) is 98.0 cm³/mol. The molecule has 5 heteroatoms. The molecule has 4 rings (SSSR count).